The zero-order valence-corrected chi connectivity index (χ0v) is 6.15. The summed E-state index contributed by atoms with van der Waals surface area (Å²) in [4.78, 5) is 3.36. The molecule has 0 radical (unpaired) electrons. The lowest BCUT2D eigenvalue weighted by Crippen LogP contribution is -1.97. The van der Waals surface area contributed by atoms with Crippen LogP contribution in [0.2, 0.25) is 5.15 Å². The van der Waals surface area contributed by atoms with Gasteiger partial charge < -0.3 is 5.73 Å². The van der Waals surface area contributed by atoms with Gasteiger partial charge in [0, 0.05) is 0 Å². The van der Waals surface area contributed by atoms with Gasteiger partial charge >= 0.3 is 0 Å². The van der Waals surface area contributed by atoms with E-state index < -0.39 is 12.1 Å². The molecule has 0 aliphatic carbocycles. The Morgan fingerprint density at radius 2 is 2.09 bits per heavy atom. The normalized spacial score (nSPS) is 10.5. The fourth-order valence-corrected chi connectivity index (χ4v) is 0.790. The highest BCUT2D eigenvalue weighted by Crippen LogP contribution is 2.23. The van der Waals surface area contributed by atoms with Crippen LogP contribution in [-0.2, 0) is 0 Å². The monoisotopic (exact) mass is 178 g/mol. The van der Waals surface area contributed by atoms with Crippen LogP contribution in [0.1, 0.15) is 12.1 Å². The molecule has 0 aromatic carbocycles. The number of anilines is 1. The van der Waals surface area contributed by atoms with Gasteiger partial charge in [0.2, 0.25) is 0 Å². The highest BCUT2D eigenvalue weighted by Gasteiger charge is 2.12. The van der Waals surface area contributed by atoms with Crippen LogP contribution in [0.25, 0.3) is 0 Å². The largest absolute Gasteiger partial charge is 0.397 e. The third kappa shape index (κ3) is 1.77. The lowest BCUT2D eigenvalue weighted by Gasteiger charge is -2.01. The molecule has 11 heavy (non-hydrogen) atoms. The van der Waals surface area contributed by atoms with Crippen LogP contribution < -0.4 is 5.73 Å². The fourth-order valence-electron chi connectivity index (χ4n) is 0.636. The first kappa shape index (κ1) is 8.20. The van der Waals surface area contributed by atoms with E-state index >= 15 is 0 Å². The summed E-state index contributed by atoms with van der Waals surface area (Å²) in [6, 6.07) is 2.67. The minimum Gasteiger partial charge on any atom is -0.397 e. The smallest absolute Gasteiger partial charge is 0.282 e. The van der Waals surface area contributed by atoms with Crippen LogP contribution in [0.5, 0.6) is 0 Å². The standard InChI is InChI=1S/C6H5ClF2N2/c7-4-2-1-3(10)5(11-4)6(8)9/h1-2,6H,10H2. The van der Waals surface area contributed by atoms with Gasteiger partial charge in [0.1, 0.15) is 10.8 Å². The van der Waals surface area contributed by atoms with Crippen LogP contribution in [-0.4, -0.2) is 4.98 Å². The molecule has 2 N–H and O–H groups in total. The number of pyridine rings is 1. The molecule has 60 valence electrons. The first-order chi connectivity index (χ1) is 5.11. The zero-order chi connectivity index (χ0) is 8.43. The summed E-state index contributed by atoms with van der Waals surface area (Å²) in [6.07, 6.45) is -2.67. The maximum Gasteiger partial charge on any atom is 0.282 e. The van der Waals surface area contributed by atoms with Crippen molar-refractivity contribution in [2.45, 2.75) is 6.43 Å². The number of halogens is 3. The van der Waals surface area contributed by atoms with Crippen molar-refractivity contribution in [3.63, 3.8) is 0 Å². The minimum absolute atomic E-state index is 0.0227. The van der Waals surface area contributed by atoms with Crippen molar-refractivity contribution in [3.05, 3.63) is 23.0 Å². The Labute approximate surface area is 67.0 Å². The molecule has 1 rings (SSSR count). The Morgan fingerprint density at radius 3 is 2.55 bits per heavy atom. The summed E-state index contributed by atoms with van der Waals surface area (Å²) in [5.74, 6) is 0. The molecule has 0 spiro atoms. The highest BCUT2D eigenvalue weighted by atomic mass is 35.5. The molecule has 1 aromatic rings. The van der Waals surface area contributed by atoms with Crippen LogP contribution >= 0.6 is 11.6 Å². The van der Waals surface area contributed by atoms with E-state index in [1.165, 1.54) is 12.1 Å². The second-order valence-corrected chi connectivity index (χ2v) is 2.30. The summed E-state index contributed by atoms with van der Waals surface area (Å²) >= 11 is 5.36. The number of rotatable bonds is 1. The number of alkyl halides is 2. The molecule has 0 aliphatic heterocycles. The number of hydrogen-bond donors (Lipinski definition) is 1. The average molecular weight is 179 g/mol. The molecule has 0 saturated carbocycles. The first-order valence-corrected chi connectivity index (χ1v) is 3.19. The van der Waals surface area contributed by atoms with Gasteiger partial charge in [-0.05, 0) is 12.1 Å². The Hall–Kier alpha value is -0.900. The Balaban J connectivity index is 3.13. The van der Waals surface area contributed by atoms with Gasteiger partial charge in [0.15, 0.2) is 0 Å². The minimum atomic E-state index is -2.67. The maximum atomic E-state index is 12.0. The molecule has 0 saturated heterocycles. The predicted octanol–water partition coefficient (Wildman–Crippen LogP) is 2.25. The second kappa shape index (κ2) is 3.00. The summed E-state index contributed by atoms with van der Waals surface area (Å²) in [7, 11) is 0. The molecular weight excluding hydrogens is 174 g/mol. The summed E-state index contributed by atoms with van der Waals surface area (Å²) in [5.41, 5.74) is 4.69. The van der Waals surface area contributed by atoms with E-state index in [-0.39, 0.29) is 10.8 Å². The number of nitrogens with zero attached hydrogens (tertiary/aromatic N) is 1. The van der Waals surface area contributed by atoms with Crippen molar-refractivity contribution < 1.29 is 8.78 Å². The first-order valence-electron chi connectivity index (χ1n) is 2.81. The summed E-state index contributed by atoms with van der Waals surface area (Å²) < 4.78 is 24.0. The Morgan fingerprint density at radius 1 is 1.45 bits per heavy atom. The molecule has 2 nitrogen and oxygen atoms in total. The fraction of sp³-hybridized carbons (Fsp3) is 0.167. The Bertz CT molecular complexity index is 265. The third-order valence-corrected chi connectivity index (χ3v) is 1.34. The molecule has 0 amide bonds. The molecular formula is C6H5ClF2N2. The van der Waals surface area contributed by atoms with E-state index in [2.05, 4.69) is 4.98 Å². The Kier molecular flexibility index (Phi) is 2.24. The lowest BCUT2D eigenvalue weighted by molar-refractivity contribution is 0.147. The van der Waals surface area contributed by atoms with E-state index in [0.717, 1.165) is 0 Å². The van der Waals surface area contributed by atoms with Crippen molar-refractivity contribution in [2.24, 2.45) is 0 Å². The number of nitrogen functional groups attached to an aromatic ring is 1. The van der Waals surface area contributed by atoms with Crippen molar-refractivity contribution in [2.75, 3.05) is 5.73 Å². The topological polar surface area (TPSA) is 38.9 Å². The van der Waals surface area contributed by atoms with Crippen molar-refractivity contribution in [1.29, 1.82) is 0 Å². The van der Waals surface area contributed by atoms with Gasteiger partial charge in [0.25, 0.3) is 6.43 Å². The average Bonchev–Trinajstić information content (AvgIpc) is 1.94. The maximum absolute atomic E-state index is 12.0. The highest BCUT2D eigenvalue weighted by molar-refractivity contribution is 6.29. The number of hydrogen-bond acceptors (Lipinski definition) is 2. The summed E-state index contributed by atoms with van der Waals surface area (Å²) in [5, 5.41) is 0.0227. The summed E-state index contributed by atoms with van der Waals surface area (Å²) in [6.45, 7) is 0. The van der Waals surface area contributed by atoms with Crippen molar-refractivity contribution in [3.8, 4) is 0 Å². The SMILES string of the molecule is Nc1ccc(Cl)nc1C(F)F. The van der Waals surface area contributed by atoms with E-state index in [0.29, 0.717) is 0 Å². The van der Waals surface area contributed by atoms with Gasteiger partial charge in [-0.15, -0.1) is 0 Å². The van der Waals surface area contributed by atoms with Crippen molar-refractivity contribution >= 4 is 17.3 Å². The van der Waals surface area contributed by atoms with Crippen LogP contribution in [0.4, 0.5) is 14.5 Å². The van der Waals surface area contributed by atoms with E-state index in [9.17, 15) is 8.78 Å². The molecule has 0 fully saturated rings. The van der Waals surface area contributed by atoms with Gasteiger partial charge in [-0.2, -0.15) is 0 Å². The van der Waals surface area contributed by atoms with Gasteiger partial charge in [-0.1, -0.05) is 11.6 Å². The molecule has 1 heterocycles. The molecule has 0 unspecified atom stereocenters. The third-order valence-electron chi connectivity index (χ3n) is 1.13. The van der Waals surface area contributed by atoms with Crippen LogP contribution in [0.15, 0.2) is 12.1 Å². The van der Waals surface area contributed by atoms with Gasteiger partial charge in [0.05, 0.1) is 5.69 Å². The quantitative estimate of drug-likeness (QED) is 0.670. The predicted molar refractivity (Wildman–Crippen MR) is 38.6 cm³/mol. The van der Waals surface area contributed by atoms with Gasteiger partial charge in [-0.3, -0.25) is 0 Å². The van der Waals surface area contributed by atoms with Crippen LogP contribution in [0.3, 0.4) is 0 Å². The number of nitrogens with two attached hydrogens (primary N) is 1. The molecule has 5 heteroatoms. The van der Waals surface area contributed by atoms with Crippen molar-refractivity contribution in [1.82, 2.24) is 4.98 Å². The van der Waals surface area contributed by atoms with Gasteiger partial charge in [-0.25, -0.2) is 13.8 Å². The molecule has 0 bridgehead atoms. The zero-order valence-electron chi connectivity index (χ0n) is 5.39. The van der Waals surface area contributed by atoms with E-state index in [1.54, 1.807) is 0 Å². The second-order valence-electron chi connectivity index (χ2n) is 1.91. The number of aromatic nitrogens is 1. The van der Waals surface area contributed by atoms with E-state index in [4.69, 9.17) is 17.3 Å². The molecule has 1 aromatic heterocycles. The van der Waals surface area contributed by atoms with E-state index in [1.807, 2.05) is 0 Å². The molecule has 0 atom stereocenters. The lowest BCUT2D eigenvalue weighted by atomic mass is 10.3. The molecule has 0 aliphatic rings. The van der Waals surface area contributed by atoms with Crippen LogP contribution in [0, 0.1) is 0 Å².